The van der Waals surface area contributed by atoms with Gasteiger partial charge in [-0.25, -0.2) is 14.4 Å². The minimum absolute atomic E-state index is 0.0654. The van der Waals surface area contributed by atoms with Crippen LogP contribution in [0.5, 0.6) is 11.5 Å². The molecule has 0 aliphatic rings. The van der Waals surface area contributed by atoms with Crippen LogP contribution in [0.4, 0.5) is 0 Å². The fraction of sp³-hybridized carbons (Fsp3) is 0.192. The molecule has 170 valence electrons. The van der Waals surface area contributed by atoms with E-state index in [-0.39, 0.29) is 17.9 Å². The van der Waals surface area contributed by atoms with Crippen LogP contribution in [0.2, 0.25) is 0 Å². The number of carbonyl (C=O) groups is 3. The smallest absolute Gasteiger partial charge is 0.364 e. The summed E-state index contributed by atoms with van der Waals surface area (Å²) in [5, 5.41) is 0. The second-order valence-corrected chi connectivity index (χ2v) is 7.72. The summed E-state index contributed by atoms with van der Waals surface area (Å²) >= 11 is 0. The summed E-state index contributed by atoms with van der Waals surface area (Å²) in [4.78, 5) is 37.1. The molecule has 3 rings (SSSR count). The molecule has 0 unspecified atom stereocenters. The first kappa shape index (κ1) is 23.7. The summed E-state index contributed by atoms with van der Waals surface area (Å²) in [7, 11) is 1.29. The van der Waals surface area contributed by atoms with Crippen LogP contribution in [0.3, 0.4) is 0 Å². The van der Waals surface area contributed by atoms with E-state index >= 15 is 0 Å². The number of carbonyl (C=O) groups excluding carboxylic acids is 3. The van der Waals surface area contributed by atoms with Crippen LogP contribution in [-0.4, -0.2) is 31.1 Å². The van der Waals surface area contributed by atoms with Gasteiger partial charge in [-0.2, -0.15) is 0 Å². The van der Waals surface area contributed by atoms with E-state index in [2.05, 4.69) is 5.73 Å². The molecule has 0 aliphatic heterocycles. The van der Waals surface area contributed by atoms with Gasteiger partial charge in [-0.3, -0.25) is 0 Å². The molecule has 33 heavy (non-hydrogen) atoms. The van der Waals surface area contributed by atoms with Crippen LogP contribution in [0.1, 0.15) is 37.4 Å². The summed E-state index contributed by atoms with van der Waals surface area (Å²) in [6.07, 6.45) is 0.258. The third-order valence-corrected chi connectivity index (χ3v) is 5.00. The Morgan fingerprint density at radius 2 is 1.24 bits per heavy atom. The first-order valence-electron chi connectivity index (χ1n) is 10.4. The molecule has 3 aromatic carbocycles. The molecule has 0 spiro atoms. The van der Waals surface area contributed by atoms with Gasteiger partial charge in [0, 0.05) is 6.42 Å². The molecule has 7 nitrogen and oxygen atoms in total. The molecule has 3 aromatic rings. The van der Waals surface area contributed by atoms with Crippen molar-refractivity contribution in [1.29, 1.82) is 0 Å². The molecule has 0 aromatic heterocycles. The van der Waals surface area contributed by atoms with Crippen molar-refractivity contribution in [2.75, 3.05) is 7.11 Å². The summed E-state index contributed by atoms with van der Waals surface area (Å²) in [5.41, 5.74) is 7.20. The van der Waals surface area contributed by atoms with Crippen molar-refractivity contribution >= 4 is 17.9 Å². The lowest BCUT2D eigenvalue weighted by molar-refractivity contribution is -0.407. The fourth-order valence-corrected chi connectivity index (χ4v) is 3.07. The topological polar surface area (TPSA) is 107 Å². The molecule has 0 heterocycles. The lowest BCUT2D eigenvalue weighted by Crippen LogP contribution is -2.66. The third kappa shape index (κ3) is 6.27. The van der Waals surface area contributed by atoms with Crippen LogP contribution in [-0.2, 0) is 16.0 Å². The molecule has 0 aliphatic carbocycles. The van der Waals surface area contributed by atoms with Crippen molar-refractivity contribution in [2.45, 2.75) is 26.3 Å². The first-order chi connectivity index (χ1) is 15.8. The zero-order valence-corrected chi connectivity index (χ0v) is 18.8. The van der Waals surface area contributed by atoms with E-state index in [0.29, 0.717) is 16.7 Å². The van der Waals surface area contributed by atoms with Gasteiger partial charge in [0.05, 0.1) is 18.2 Å². The molecule has 0 bridgehead atoms. The number of hydrogen-bond acceptors (Lipinski definition) is 6. The van der Waals surface area contributed by atoms with E-state index in [1.54, 1.807) is 60.7 Å². The van der Waals surface area contributed by atoms with Gasteiger partial charge in [0.25, 0.3) is 0 Å². The number of benzene rings is 3. The molecule has 0 saturated carbocycles. The second-order valence-electron chi connectivity index (χ2n) is 7.72. The summed E-state index contributed by atoms with van der Waals surface area (Å²) < 4.78 is 15.8. The Morgan fingerprint density at radius 3 is 1.73 bits per heavy atom. The third-order valence-electron chi connectivity index (χ3n) is 5.00. The lowest BCUT2D eigenvalue weighted by atomic mass is 10.1. The van der Waals surface area contributed by atoms with Gasteiger partial charge in [0.2, 0.25) is 0 Å². The summed E-state index contributed by atoms with van der Waals surface area (Å²) in [6, 6.07) is 18.0. The Hall–Kier alpha value is -3.97. The molecule has 0 saturated heterocycles. The van der Waals surface area contributed by atoms with E-state index < -0.39 is 23.9 Å². The molecule has 0 fully saturated rings. The average molecular weight is 448 g/mol. The van der Waals surface area contributed by atoms with Gasteiger partial charge in [-0.1, -0.05) is 41.5 Å². The van der Waals surface area contributed by atoms with Gasteiger partial charge in [-0.15, -0.1) is 0 Å². The Labute approximate surface area is 192 Å². The lowest BCUT2D eigenvalue weighted by Gasteiger charge is -2.13. The van der Waals surface area contributed by atoms with Crippen LogP contribution >= 0.6 is 0 Å². The minimum atomic E-state index is -0.642. The molecule has 3 N–H and O–H groups in total. The maximum atomic E-state index is 12.7. The van der Waals surface area contributed by atoms with Crippen LogP contribution in [0.25, 0.3) is 0 Å². The summed E-state index contributed by atoms with van der Waals surface area (Å²) in [6.45, 7) is 3.83. The predicted molar refractivity (Wildman–Crippen MR) is 121 cm³/mol. The minimum Gasteiger partial charge on any atom is -0.465 e. The molecule has 1 atom stereocenters. The van der Waals surface area contributed by atoms with E-state index in [9.17, 15) is 14.4 Å². The van der Waals surface area contributed by atoms with Crippen molar-refractivity contribution in [2.24, 2.45) is 0 Å². The highest BCUT2D eigenvalue weighted by Gasteiger charge is 2.21. The number of methoxy groups -OCH3 is 1. The molecule has 0 amide bonds. The van der Waals surface area contributed by atoms with Gasteiger partial charge in [0.1, 0.15) is 0 Å². The molecule has 0 radical (unpaired) electrons. The molecular formula is C26H26NO6+. The van der Waals surface area contributed by atoms with E-state index in [1.807, 2.05) is 13.8 Å². The highest BCUT2D eigenvalue weighted by molar-refractivity contribution is 5.93. The van der Waals surface area contributed by atoms with E-state index in [1.165, 1.54) is 13.2 Å². The van der Waals surface area contributed by atoms with Crippen molar-refractivity contribution < 1.29 is 34.3 Å². The van der Waals surface area contributed by atoms with Crippen molar-refractivity contribution in [3.05, 3.63) is 94.5 Å². The normalized spacial score (nSPS) is 11.4. The van der Waals surface area contributed by atoms with Gasteiger partial charge in [0.15, 0.2) is 17.5 Å². The molecule has 7 heteroatoms. The van der Waals surface area contributed by atoms with Crippen molar-refractivity contribution in [3.8, 4) is 11.5 Å². The maximum absolute atomic E-state index is 12.7. The number of ether oxygens (including phenoxy) is 3. The number of hydrogen-bond donors (Lipinski definition) is 1. The standard InChI is InChI=1S/C26H25NO6/c1-16-4-9-19(10-5-16)24(28)32-22-13-8-18(14-21(27)26(30)31-3)15-23(22)33-25(29)20-11-6-17(2)7-12-20/h4-13,15,21H,14,27H2,1-3H3/p+1/t21-/m0/s1. The number of aryl methyl sites for hydroxylation is 2. The Bertz CT molecular complexity index is 1150. The number of esters is 3. The van der Waals surface area contributed by atoms with Crippen molar-refractivity contribution in [3.63, 3.8) is 0 Å². The quantitative estimate of drug-likeness (QED) is 0.440. The maximum Gasteiger partial charge on any atom is 0.364 e. The highest BCUT2D eigenvalue weighted by atomic mass is 16.6. The summed E-state index contributed by atoms with van der Waals surface area (Å²) in [5.74, 6) is -1.49. The van der Waals surface area contributed by atoms with E-state index in [4.69, 9.17) is 14.2 Å². The zero-order chi connectivity index (χ0) is 24.0. The first-order valence-corrected chi connectivity index (χ1v) is 10.4. The van der Waals surface area contributed by atoms with Gasteiger partial charge < -0.3 is 19.9 Å². The van der Waals surface area contributed by atoms with Gasteiger partial charge in [-0.05, 0) is 55.8 Å². The predicted octanol–water partition coefficient (Wildman–Crippen LogP) is 3.07. The van der Waals surface area contributed by atoms with Crippen LogP contribution in [0.15, 0.2) is 66.7 Å². The fourth-order valence-electron chi connectivity index (χ4n) is 3.07. The second kappa shape index (κ2) is 10.6. The van der Waals surface area contributed by atoms with Crippen LogP contribution in [0, 0.1) is 13.8 Å². The Kier molecular flexibility index (Phi) is 7.58. The highest BCUT2D eigenvalue weighted by Crippen LogP contribution is 2.30. The molecular weight excluding hydrogens is 422 g/mol. The van der Waals surface area contributed by atoms with Crippen LogP contribution < -0.4 is 15.2 Å². The van der Waals surface area contributed by atoms with Crippen molar-refractivity contribution in [1.82, 2.24) is 0 Å². The Morgan fingerprint density at radius 1 is 0.758 bits per heavy atom. The largest absolute Gasteiger partial charge is 0.465 e. The monoisotopic (exact) mass is 448 g/mol. The van der Waals surface area contributed by atoms with Gasteiger partial charge >= 0.3 is 17.9 Å². The Balaban J connectivity index is 1.89. The van der Waals surface area contributed by atoms with E-state index in [0.717, 1.165) is 11.1 Å². The zero-order valence-electron chi connectivity index (χ0n) is 18.8. The average Bonchev–Trinajstić information content (AvgIpc) is 2.80. The SMILES string of the molecule is COC(=O)[C@@H]([NH3+])Cc1ccc(OC(=O)c2ccc(C)cc2)c(OC(=O)c2ccc(C)cc2)c1. The number of rotatable bonds is 7. The number of quaternary nitrogens is 1.